The highest BCUT2D eigenvalue weighted by atomic mass is 32.2. The molecule has 0 aromatic rings. The van der Waals surface area contributed by atoms with Gasteiger partial charge in [-0.25, -0.2) is 0 Å². The fourth-order valence-electron chi connectivity index (χ4n) is 0.726. The quantitative estimate of drug-likeness (QED) is 0.488. The Morgan fingerprint density at radius 2 is 2.27 bits per heavy atom. The maximum absolute atomic E-state index is 3.35. The van der Waals surface area contributed by atoms with E-state index in [2.05, 4.69) is 30.6 Å². The van der Waals surface area contributed by atoms with Crippen molar-refractivity contribution < 1.29 is 0 Å². The van der Waals surface area contributed by atoms with Gasteiger partial charge in [0.15, 0.2) is 0 Å². The van der Waals surface area contributed by atoms with Crippen LogP contribution in [0.25, 0.3) is 0 Å². The molecule has 66 valence electrons. The van der Waals surface area contributed by atoms with Crippen molar-refractivity contribution in [1.82, 2.24) is 5.32 Å². The molecule has 0 fully saturated rings. The van der Waals surface area contributed by atoms with Crippen LogP contribution < -0.4 is 5.32 Å². The lowest BCUT2D eigenvalue weighted by Crippen LogP contribution is -2.17. The van der Waals surface area contributed by atoms with Gasteiger partial charge in [0.05, 0.1) is 0 Å². The van der Waals surface area contributed by atoms with E-state index in [9.17, 15) is 0 Å². The van der Waals surface area contributed by atoms with E-state index in [1.807, 2.05) is 18.7 Å². The van der Waals surface area contributed by atoms with Crippen molar-refractivity contribution in [2.45, 2.75) is 25.5 Å². The van der Waals surface area contributed by atoms with Crippen molar-refractivity contribution in [2.24, 2.45) is 0 Å². The monoisotopic (exact) mass is 173 g/mol. The molecule has 0 aromatic heterocycles. The zero-order valence-electron chi connectivity index (χ0n) is 7.76. The van der Waals surface area contributed by atoms with Crippen LogP contribution in [0.1, 0.15) is 20.3 Å². The van der Waals surface area contributed by atoms with Gasteiger partial charge in [-0.15, -0.1) is 0 Å². The molecule has 11 heavy (non-hydrogen) atoms. The highest BCUT2D eigenvalue weighted by Gasteiger charge is 1.96. The molecule has 0 heterocycles. The van der Waals surface area contributed by atoms with Crippen LogP contribution in [0.5, 0.6) is 0 Å². The fourth-order valence-corrected chi connectivity index (χ4v) is 1.08. The lowest BCUT2D eigenvalue weighted by molar-refractivity contribution is 0.690. The Hall–Kier alpha value is 0.0500. The van der Waals surface area contributed by atoms with E-state index in [0.29, 0.717) is 0 Å². The summed E-state index contributed by atoms with van der Waals surface area (Å²) >= 11 is 1.93. The predicted molar refractivity (Wildman–Crippen MR) is 55.3 cm³/mol. The molecule has 0 aliphatic rings. The summed E-state index contributed by atoms with van der Waals surface area (Å²) in [6.07, 6.45) is 7.64. The van der Waals surface area contributed by atoms with Crippen molar-refractivity contribution in [3.8, 4) is 0 Å². The molecule has 1 N–H and O–H groups in total. The number of allylic oxidation sites excluding steroid dienone is 1. The number of thioether (sulfide) groups is 1. The minimum atomic E-state index is 0.785. The Labute approximate surface area is 74.6 Å². The molecule has 0 rings (SSSR count). The Morgan fingerprint density at radius 1 is 1.55 bits per heavy atom. The van der Waals surface area contributed by atoms with Crippen LogP contribution >= 0.6 is 11.8 Å². The highest BCUT2D eigenvalue weighted by molar-refractivity contribution is 7.99. The van der Waals surface area contributed by atoms with Crippen LogP contribution in [-0.4, -0.2) is 24.6 Å². The van der Waals surface area contributed by atoms with Gasteiger partial charge < -0.3 is 5.32 Å². The van der Waals surface area contributed by atoms with Gasteiger partial charge in [-0.05, 0) is 26.1 Å². The average Bonchev–Trinajstić information content (AvgIpc) is 2.04. The molecule has 1 nitrogen and oxygen atoms in total. The van der Waals surface area contributed by atoms with Crippen molar-refractivity contribution in [1.29, 1.82) is 0 Å². The topological polar surface area (TPSA) is 12.0 Å². The van der Waals surface area contributed by atoms with Gasteiger partial charge in [0.25, 0.3) is 0 Å². The second-order valence-corrected chi connectivity index (χ2v) is 3.88. The third-order valence-electron chi connectivity index (χ3n) is 1.63. The first-order valence-corrected chi connectivity index (χ1v) is 5.44. The lowest BCUT2D eigenvalue weighted by atomic mass is 10.3. The second kappa shape index (κ2) is 8.15. The molecule has 0 saturated heterocycles. The van der Waals surface area contributed by atoms with E-state index in [4.69, 9.17) is 0 Å². The number of hydrogen-bond acceptors (Lipinski definition) is 2. The maximum Gasteiger partial charge on any atom is 0.0134 e. The summed E-state index contributed by atoms with van der Waals surface area (Å²) in [6.45, 7) is 6.46. The lowest BCUT2D eigenvalue weighted by Gasteiger charge is -2.07. The number of hydrogen-bond donors (Lipinski definition) is 1. The largest absolute Gasteiger partial charge is 0.313 e. The summed E-state index contributed by atoms with van der Waals surface area (Å²) in [4.78, 5) is 0. The summed E-state index contributed by atoms with van der Waals surface area (Å²) in [5.74, 6) is 0. The molecular weight excluding hydrogens is 154 g/mol. The fraction of sp³-hybridized carbons (Fsp3) is 0.778. The van der Waals surface area contributed by atoms with Gasteiger partial charge in [0, 0.05) is 11.8 Å². The van der Waals surface area contributed by atoms with Crippen LogP contribution in [-0.2, 0) is 0 Å². The van der Waals surface area contributed by atoms with E-state index in [1.165, 1.54) is 6.42 Å². The molecular formula is C9H19NS. The highest BCUT2D eigenvalue weighted by Crippen LogP contribution is 2.07. The zero-order chi connectivity index (χ0) is 8.53. The Kier molecular flexibility index (Phi) is 8.19. The number of rotatable bonds is 6. The van der Waals surface area contributed by atoms with Crippen LogP contribution in [0.3, 0.4) is 0 Å². The molecule has 0 aromatic carbocycles. The van der Waals surface area contributed by atoms with Crippen molar-refractivity contribution in [3.05, 3.63) is 12.2 Å². The molecule has 2 heteroatoms. The molecule has 1 atom stereocenters. The first-order valence-electron chi connectivity index (χ1n) is 4.16. The van der Waals surface area contributed by atoms with Crippen LogP contribution in [0, 0.1) is 0 Å². The van der Waals surface area contributed by atoms with E-state index >= 15 is 0 Å². The minimum absolute atomic E-state index is 0.785. The Bertz CT molecular complexity index is 102. The summed E-state index contributed by atoms with van der Waals surface area (Å²) in [7, 11) is 0. The molecule has 0 spiro atoms. The van der Waals surface area contributed by atoms with Crippen molar-refractivity contribution >= 4 is 11.8 Å². The maximum atomic E-state index is 3.35. The van der Waals surface area contributed by atoms with Gasteiger partial charge in [0.2, 0.25) is 0 Å². The average molecular weight is 173 g/mol. The number of nitrogens with one attached hydrogen (secondary N) is 1. The van der Waals surface area contributed by atoms with Crippen LogP contribution in [0.4, 0.5) is 0 Å². The SMILES string of the molecule is C/C=C/CNCCC(C)SC. The van der Waals surface area contributed by atoms with Gasteiger partial charge in [-0.2, -0.15) is 11.8 Å². The van der Waals surface area contributed by atoms with Gasteiger partial charge >= 0.3 is 0 Å². The van der Waals surface area contributed by atoms with Gasteiger partial charge in [0.1, 0.15) is 0 Å². The summed E-state index contributed by atoms with van der Waals surface area (Å²) in [5, 5.41) is 4.14. The third-order valence-corrected chi connectivity index (χ3v) is 2.67. The van der Waals surface area contributed by atoms with Crippen LogP contribution in [0.2, 0.25) is 0 Å². The van der Waals surface area contributed by atoms with E-state index in [0.717, 1.165) is 18.3 Å². The first-order chi connectivity index (χ1) is 5.31. The Morgan fingerprint density at radius 3 is 2.82 bits per heavy atom. The summed E-state index contributed by atoms with van der Waals surface area (Å²) in [6, 6.07) is 0. The molecule has 0 saturated carbocycles. The molecule has 0 amide bonds. The first kappa shape index (κ1) is 11.1. The molecule has 1 unspecified atom stereocenters. The summed E-state index contributed by atoms with van der Waals surface area (Å²) < 4.78 is 0. The second-order valence-electron chi connectivity index (χ2n) is 2.61. The minimum Gasteiger partial charge on any atom is -0.313 e. The summed E-state index contributed by atoms with van der Waals surface area (Å²) in [5.41, 5.74) is 0. The third kappa shape index (κ3) is 7.95. The molecule has 0 aliphatic heterocycles. The smallest absolute Gasteiger partial charge is 0.0134 e. The van der Waals surface area contributed by atoms with E-state index < -0.39 is 0 Å². The predicted octanol–water partition coefficient (Wildman–Crippen LogP) is 2.29. The molecule has 0 aliphatic carbocycles. The zero-order valence-corrected chi connectivity index (χ0v) is 8.58. The van der Waals surface area contributed by atoms with E-state index in [1.54, 1.807) is 0 Å². The Balaban J connectivity index is 3.01. The van der Waals surface area contributed by atoms with Gasteiger partial charge in [-0.1, -0.05) is 19.1 Å². The van der Waals surface area contributed by atoms with Crippen molar-refractivity contribution in [3.63, 3.8) is 0 Å². The van der Waals surface area contributed by atoms with Crippen molar-refractivity contribution in [2.75, 3.05) is 19.3 Å². The van der Waals surface area contributed by atoms with Gasteiger partial charge in [-0.3, -0.25) is 0 Å². The van der Waals surface area contributed by atoms with E-state index in [-0.39, 0.29) is 0 Å². The normalized spacial score (nSPS) is 14.1. The molecule has 0 bridgehead atoms. The van der Waals surface area contributed by atoms with Crippen LogP contribution in [0.15, 0.2) is 12.2 Å². The standard InChI is InChI=1S/C9H19NS/c1-4-5-7-10-8-6-9(2)11-3/h4-5,9-10H,6-8H2,1-3H3/b5-4+. The molecule has 0 radical (unpaired) electrons.